The lowest BCUT2D eigenvalue weighted by Crippen LogP contribution is -2.58. The Morgan fingerprint density at radius 1 is 1.23 bits per heavy atom. The quantitative estimate of drug-likeness (QED) is 0.306. The number of nitrogens with one attached hydrogen (secondary N) is 2. The maximum atomic E-state index is 12.6. The number of imide groups is 2. The number of benzene rings is 1. The van der Waals surface area contributed by atoms with E-state index in [1.54, 1.807) is 24.3 Å². The van der Waals surface area contributed by atoms with Crippen LogP contribution in [-0.4, -0.2) is 30.0 Å². The van der Waals surface area contributed by atoms with Crippen molar-refractivity contribution in [3.05, 3.63) is 52.0 Å². The molecular formula is C16H11IN4O5. The average molecular weight is 466 g/mol. The molecule has 3 rings (SSSR count). The molecule has 1 fully saturated rings. The minimum Gasteiger partial charge on any atom is -0.459 e. The Balaban J connectivity index is 1.76. The zero-order valence-corrected chi connectivity index (χ0v) is 15.2. The van der Waals surface area contributed by atoms with Gasteiger partial charge in [0.2, 0.25) is 5.91 Å². The Morgan fingerprint density at radius 2 is 1.96 bits per heavy atom. The Morgan fingerprint density at radius 3 is 2.62 bits per heavy atom. The second-order valence-electron chi connectivity index (χ2n) is 5.12. The molecule has 1 aromatic carbocycles. The van der Waals surface area contributed by atoms with Crippen molar-refractivity contribution in [1.29, 1.82) is 0 Å². The molecule has 1 aromatic heterocycles. The van der Waals surface area contributed by atoms with E-state index in [0.717, 1.165) is 14.7 Å². The maximum absolute atomic E-state index is 12.6. The van der Waals surface area contributed by atoms with Crippen LogP contribution in [0.25, 0.3) is 0 Å². The van der Waals surface area contributed by atoms with Crippen LogP contribution in [-0.2, 0) is 9.59 Å². The highest BCUT2D eigenvalue weighted by Crippen LogP contribution is 2.21. The van der Waals surface area contributed by atoms with Crippen molar-refractivity contribution in [3.63, 3.8) is 0 Å². The molecular weight excluding hydrogens is 455 g/mol. The fraction of sp³-hybridized carbons (Fsp3) is 0.0625. The lowest BCUT2D eigenvalue weighted by molar-refractivity contribution is -0.131. The number of furan rings is 1. The number of rotatable bonds is 4. The highest BCUT2D eigenvalue weighted by molar-refractivity contribution is 14.1. The van der Waals surface area contributed by atoms with E-state index in [-0.39, 0.29) is 5.76 Å². The second-order valence-corrected chi connectivity index (χ2v) is 6.36. The van der Waals surface area contributed by atoms with Crippen LogP contribution < -0.4 is 15.6 Å². The van der Waals surface area contributed by atoms with Crippen LogP contribution in [0.5, 0.6) is 0 Å². The molecule has 0 bridgehead atoms. The van der Waals surface area contributed by atoms with Crippen molar-refractivity contribution in [2.45, 2.75) is 0 Å². The van der Waals surface area contributed by atoms with E-state index in [0.29, 0.717) is 5.69 Å². The van der Waals surface area contributed by atoms with Crippen LogP contribution in [0.1, 0.15) is 10.6 Å². The number of nitrogens with zero attached hydrogens (tertiary/aromatic N) is 2. The van der Waals surface area contributed by atoms with Crippen molar-refractivity contribution in [2.75, 3.05) is 4.90 Å². The molecule has 132 valence electrons. The summed E-state index contributed by atoms with van der Waals surface area (Å²) < 4.78 is 5.82. The van der Waals surface area contributed by atoms with Crippen molar-refractivity contribution < 1.29 is 23.6 Å². The lowest BCUT2D eigenvalue weighted by atomic mass is 10.1. The van der Waals surface area contributed by atoms with Gasteiger partial charge in [0, 0.05) is 9.78 Å². The second kappa shape index (κ2) is 7.47. The van der Waals surface area contributed by atoms with E-state index in [1.807, 2.05) is 0 Å². The van der Waals surface area contributed by atoms with Crippen molar-refractivity contribution in [1.82, 2.24) is 10.7 Å². The summed E-state index contributed by atoms with van der Waals surface area (Å²) >= 11 is 2.09. The average Bonchev–Trinajstić information content (AvgIpc) is 3.14. The van der Waals surface area contributed by atoms with Gasteiger partial charge in [-0.15, -0.1) is 0 Å². The highest BCUT2D eigenvalue weighted by atomic mass is 127. The molecule has 0 saturated carbocycles. The third kappa shape index (κ3) is 3.64. The highest BCUT2D eigenvalue weighted by Gasteiger charge is 2.40. The number of amides is 5. The molecule has 1 aliphatic rings. The van der Waals surface area contributed by atoms with E-state index in [2.05, 4.69) is 38.4 Å². The van der Waals surface area contributed by atoms with Crippen LogP contribution in [0.2, 0.25) is 0 Å². The number of carbonyl (C=O) groups is 4. The van der Waals surface area contributed by atoms with E-state index >= 15 is 0 Å². The predicted molar refractivity (Wildman–Crippen MR) is 98.3 cm³/mol. The van der Waals surface area contributed by atoms with Gasteiger partial charge in [-0.3, -0.25) is 19.7 Å². The minimum absolute atomic E-state index is 0.0252. The van der Waals surface area contributed by atoms with E-state index in [1.165, 1.54) is 18.4 Å². The summed E-state index contributed by atoms with van der Waals surface area (Å²) in [5.74, 6) is -3.56. The standard InChI is InChI=1S/C16H11IN4O5/c17-9-3-5-10(6-4-9)21-15(24)11(13(22)19-16(21)25)8-18-20-14(23)12-2-1-7-26-12/h1-8,11H,(H,20,23)(H,19,22,25)/b18-8-/t11-/m1/s1. The van der Waals surface area contributed by atoms with Crippen molar-refractivity contribution in [3.8, 4) is 0 Å². The number of anilines is 1. The van der Waals surface area contributed by atoms with Crippen LogP contribution in [0.15, 0.2) is 52.2 Å². The molecule has 9 nitrogen and oxygen atoms in total. The van der Waals surface area contributed by atoms with E-state index < -0.39 is 29.7 Å². The summed E-state index contributed by atoms with van der Waals surface area (Å²) in [6.07, 6.45) is 2.28. The number of hydrazone groups is 1. The molecule has 26 heavy (non-hydrogen) atoms. The first kappa shape index (κ1) is 17.8. The summed E-state index contributed by atoms with van der Waals surface area (Å²) in [6.45, 7) is 0. The number of urea groups is 1. The van der Waals surface area contributed by atoms with E-state index in [4.69, 9.17) is 4.42 Å². The molecule has 10 heteroatoms. The van der Waals surface area contributed by atoms with Gasteiger partial charge >= 0.3 is 11.9 Å². The van der Waals surface area contributed by atoms with Gasteiger partial charge in [-0.25, -0.2) is 15.1 Å². The monoisotopic (exact) mass is 466 g/mol. The summed E-state index contributed by atoms with van der Waals surface area (Å²) in [5.41, 5.74) is 2.46. The molecule has 0 aliphatic carbocycles. The first-order valence-electron chi connectivity index (χ1n) is 7.29. The SMILES string of the molecule is O=C(N/N=C\[C@@H]1C(=O)NC(=O)N(c2ccc(I)cc2)C1=O)c1ccco1. The molecule has 1 atom stereocenters. The molecule has 2 N–H and O–H groups in total. The Labute approximate surface area is 160 Å². The Hall–Kier alpha value is -3.02. The fourth-order valence-corrected chi connectivity index (χ4v) is 2.55. The number of hydrogen-bond acceptors (Lipinski definition) is 6. The topological polar surface area (TPSA) is 121 Å². The summed E-state index contributed by atoms with van der Waals surface area (Å²) in [5, 5.41) is 5.71. The van der Waals surface area contributed by atoms with Gasteiger partial charge in [0.15, 0.2) is 11.7 Å². The van der Waals surface area contributed by atoms with Gasteiger partial charge in [0.25, 0.3) is 5.91 Å². The number of halogens is 1. The molecule has 0 radical (unpaired) electrons. The van der Waals surface area contributed by atoms with Gasteiger partial charge in [-0.05, 0) is 59.0 Å². The van der Waals surface area contributed by atoms with Gasteiger partial charge in [-0.1, -0.05) is 0 Å². The van der Waals surface area contributed by atoms with E-state index in [9.17, 15) is 19.2 Å². The molecule has 0 unspecified atom stereocenters. The smallest absolute Gasteiger partial charge is 0.335 e. The third-order valence-corrected chi connectivity index (χ3v) is 4.14. The Bertz CT molecular complexity index is 892. The van der Waals surface area contributed by atoms with Gasteiger partial charge in [-0.2, -0.15) is 5.10 Å². The zero-order valence-electron chi connectivity index (χ0n) is 13.0. The summed E-state index contributed by atoms with van der Waals surface area (Å²) in [4.78, 5) is 49.1. The van der Waals surface area contributed by atoms with Crippen LogP contribution >= 0.6 is 22.6 Å². The molecule has 5 amide bonds. The van der Waals surface area contributed by atoms with Gasteiger partial charge in [0.1, 0.15) is 0 Å². The van der Waals surface area contributed by atoms with Crippen LogP contribution in [0.3, 0.4) is 0 Å². The number of hydrogen-bond donors (Lipinski definition) is 2. The number of carbonyl (C=O) groups excluding carboxylic acids is 4. The lowest BCUT2D eigenvalue weighted by Gasteiger charge is -2.28. The molecule has 1 aliphatic heterocycles. The zero-order chi connectivity index (χ0) is 18.7. The van der Waals surface area contributed by atoms with Gasteiger partial charge in [0.05, 0.1) is 12.0 Å². The first-order valence-corrected chi connectivity index (χ1v) is 8.36. The molecule has 1 saturated heterocycles. The Kier molecular flexibility index (Phi) is 5.11. The first-order chi connectivity index (χ1) is 12.5. The third-order valence-electron chi connectivity index (χ3n) is 3.42. The van der Waals surface area contributed by atoms with Crippen LogP contribution in [0.4, 0.5) is 10.5 Å². The predicted octanol–water partition coefficient (Wildman–Crippen LogP) is 1.50. The van der Waals surface area contributed by atoms with Crippen molar-refractivity contribution in [2.24, 2.45) is 11.0 Å². The molecule has 2 aromatic rings. The maximum Gasteiger partial charge on any atom is 0.335 e. The largest absolute Gasteiger partial charge is 0.459 e. The summed E-state index contributed by atoms with van der Waals surface area (Å²) in [6, 6.07) is 8.73. The van der Waals surface area contributed by atoms with Gasteiger partial charge < -0.3 is 4.42 Å². The number of barbiturate groups is 1. The minimum atomic E-state index is -1.36. The normalized spacial score (nSPS) is 17.5. The summed E-state index contributed by atoms with van der Waals surface area (Å²) in [7, 11) is 0. The molecule has 2 heterocycles. The van der Waals surface area contributed by atoms with Crippen LogP contribution in [0, 0.1) is 9.49 Å². The fourth-order valence-electron chi connectivity index (χ4n) is 2.19. The molecule has 0 spiro atoms. The van der Waals surface area contributed by atoms with Crippen molar-refractivity contribution >= 4 is 58.2 Å².